The molecule has 0 atom stereocenters. The van der Waals surface area contributed by atoms with E-state index in [1.165, 1.54) is 24.3 Å². The van der Waals surface area contributed by atoms with Gasteiger partial charge in [-0.3, -0.25) is 24.5 Å². The zero-order chi connectivity index (χ0) is 25.8. The number of nitrogens with zero attached hydrogens (tertiary/aromatic N) is 1. The zero-order valence-corrected chi connectivity index (χ0v) is 19.8. The summed E-state index contributed by atoms with van der Waals surface area (Å²) < 4.78 is 11.2. The summed E-state index contributed by atoms with van der Waals surface area (Å²) in [4.78, 5) is 50.1. The van der Waals surface area contributed by atoms with Gasteiger partial charge in [-0.15, -0.1) is 0 Å². The van der Waals surface area contributed by atoms with Gasteiger partial charge in [-0.2, -0.15) is 0 Å². The van der Waals surface area contributed by atoms with E-state index >= 15 is 0 Å². The molecule has 3 aromatic rings. The molecule has 1 aliphatic rings. The number of ether oxygens (including phenoxy) is 2. The van der Waals surface area contributed by atoms with Gasteiger partial charge in [0.2, 0.25) is 5.78 Å². The third-order valence-corrected chi connectivity index (χ3v) is 5.80. The van der Waals surface area contributed by atoms with Crippen LogP contribution >= 0.6 is 0 Å². The van der Waals surface area contributed by atoms with Gasteiger partial charge in [-0.1, -0.05) is 30.3 Å². The van der Waals surface area contributed by atoms with Crippen molar-refractivity contribution >= 4 is 23.2 Å². The van der Waals surface area contributed by atoms with Gasteiger partial charge in [0, 0.05) is 23.2 Å². The van der Waals surface area contributed by atoms with E-state index in [1.54, 1.807) is 18.2 Å². The molecule has 0 aliphatic heterocycles. The Morgan fingerprint density at radius 2 is 1.56 bits per heavy atom. The molecule has 36 heavy (non-hydrogen) atoms. The second-order valence-electron chi connectivity index (χ2n) is 8.00. The molecule has 9 nitrogen and oxygen atoms in total. The topological polar surface area (TPSA) is 125 Å². The first-order valence-corrected chi connectivity index (χ1v) is 11.5. The largest absolute Gasteiger partial charge is 0.490 e. The maximum Gasteiger partial charge on any atom is 0.294 e. The number of hydrogen-bond donors (Lipinski definition) is 1. The average molecular weight is 488 g/mol. The Bertz CT molecular complexity index is 1380. The number of carbonyl (C=O) groups is 3. The molecule has 0 fully saturated rings. The highest BCUT2D eigenvalue weighted by molar-refractivity contribution is 6.30. The fourth-order valence-electron chi connectivity index (χ4n) is 4.21. The zero-order valence-electron chi connectivity index (χ0n) is 19.8. The van der Waals surface area contributed by atoms with Crippen molar-refractivity contribution in [3.05, 3.63) is 98.1 Å². The molecule has 0 heterocycles. The molecule has 0 aromatic heterocycles. The predicted octanol–water partition coefficient (Wildman–Crippen LogP) is 4.14. The lowest BCUT2D eigenvalue weighted by Crippen LogP contribution is -2.29. The highest BCUT2D eigenvalue weighted by atomic mass is 16.6. The van der Waals surface area contributed by atoms with Gasteiger partial charge in [0.25, 0.3) is 11.6 Å². The van der Waals surface area contributed by atoms with Crippen LogP contribution in [0.5, 0.6) is 11.5 Å². The Morgan fingerprint density at radius 3 is 2.22 bits per heavy atom. The molecular weight excluding hydrogens is 464 g/mol. The summed E-state index contributed by atoms with van der Waals surface area (Å²) >= 11 is 0. The highest BCUT2D eigenvalue weighted by Gasteiger charge is 2.38. The summed E-state index contributed by atoms with van der Waals surface area (Å²) in [5.74, 6) is -0.635. The smallest absolute Gasteiger partial charge is 0.294 e. The van der Waals surface area contributed by atoms with E-state index in [0.29, 0.717) is 31.1 Å². The molecule has 1 amide bonds. The molecular formula is C27H24N2O7. The van der Waals surface area contributed by atoms with Crippen LogP contribution in [0.1, 0.15) is 61.6 Å². The number of fused-ring (bicyclic) bond motifs is 2. The number of nitro groups is 1. The maximum absolute atomic E-state index is 13.1. The Kier molecular flexibility index (Phi) is 7.10. The Balaban J connectivity index is 1.57. The van der Waals surface area contributed by atoms with Gasteiger partial charge in [-0.05, 0) is 50.1 Å². The number of nitrogens with one attached hydrogen (secondary N) is 1. The van der Waals surface area contributed by atoms with Crippen LogP contribution in [0.4, 0.5) is 5.69 Å². The van der Waals surface area contributed by atoms with Crippen molar-refractivity contribution in [3.63, 3.8) is 0 Å². The molecule has 184 valence electrons. The number of carbonyl (C=O) groups excluding carboxylic acids is 3. The van der Waals surface area contributed by atoms with Gasteiger partial charge in [0.05, 0.1) is 18.1 Å². The monoisotopic (exact) mass is 488 g/mol. The van der Waals surface area contributed by atoms with Crippen LogP contribution < -0.4 is 14.8 Å². The molecule has 0 spiro atoms. The second-order valence-corrected chi connectivity index (χ2v) is 8.00. The summed E-state index contributed by atoms with van der Waals surface area (Å²) in [7, 11) is 0. The first kappa shape index (κ1) is 24.6. The van der Waals surface area contributed by atoms with Crippen LogP contribution in [0.3, 0.4) is 0 Å². The van der Waals surface area contributed by atoms with E-state index in [-0.39, 0.29) is 34.4 Å². The van der Waals surface area contributed by atoms with Crippen molar-refractivity contribution < 1.29 is 28.8 Å². The van der Waals surface area contributed by atoms with Crippen molar-refractivity contribution in [1.29, 1.82) is 0 Å². The van der Waals surface area contributed by atoms with Gasteiger partial charge >= 0.3 is 0 Å². The van der Waals surface area contributed by atoms with Crippen LogP contribution in [-0.4, -0.2) is 42.2 Å². The minimum Gasteiger partial charge on any atom is -0.490 e. The number of benzene rings is 3. The number of ketones is 2. The van der Waals surface area contributed by atoms with Crippen molar-refractivity contribution in [2.24, 2.45) is 0 Å². The summed E-state index contributed by atoms with van der Waals surface area (Å²) in [6.07, 6.45) is 0.432. The first-order chi connectivity index (χ1) is 17.4. The quantitative estimate of drug-likeness (QED) is 0.277. The van der Waals surface area contributed by atoms with Crippen LogP contribution in [0, 0.1) is 10.1 Å². The van der Waals surface area contributed by atoms with E-state index in [2.05, 4.69) is 5.32 Å². The Labute approximate surface area is 207 Å². The highest BCUT2D eigenvalue weighted by Crippen LogP contribution is 2.35. The van der Waals surface area contributed by atoms with E-state index in [4.69, 9.17) is 9.47 Å². The summed E-state index contributed by atoms with van der Waals surface area (Å²) in [5.41, 5.74) is -0.249. The minimum atomic E-state index is -0.784. The summed E-state index contributed by atoms with van der Waals surface area (Å²) in [6.45, 7) is 4.89. The SMILES string of the molecule is CCOc1ccc(CCNC(=O)c2ccc3c(c2[N+](=O)[O-])C(=O)c2ccccc2C3=O)cc1OCC. The Hall–Kier alpha value is -4.53. The number of hydrogen-bond acceptors (Lipinski definition) is 7. The molecule has 0 unspecified atom stereocenters. The predicted molar refractivity (Wildman–Crippen MR) is 131 cm³/mol. The lowest BCUT2D eigenvalue weighted by molar-refractivity contribution is -0.385. The molecule has 0 bridgehead atoms. The van der Waals surface area contributed by atoms with Crippen molar-refractivity contribution in [1.82, 2.24) is 5.32 Å². The molecule has 1 N–H and O–H groups in total. The lowest BCUT2D eigenvalue weighted by Gasteiger charge is -2.18. The van der Waals surface area contributed by atoms with Crippen molar-refractivity contribution in [3.8, 4) is 11.5 Å². The third-order valence-electron chi connectivity index (χ3n) is 5.80. The molecule has 0 radical (unpaired) electrons. The minimum absolute atomic E-state index is 0.0799. The van der Waals surface area contributed by atoms with Crippen LogP contribution in [0.2, 0.25) is 0 Å². The molecule has 0 saturated heterocycles. The molecule has 3 aromatic carbocycles. The molecule has 0 saturated carbocycles. The van der Waals surface area contributed by atoms with E-state index in [0.717, 1.165) is 5.56 Å². The van der Waals surface area contributed by atoms with Crippen LogP contribution in [-0.2, 0) is 6.42 Å². The number of nitro benzene ring substituents is 1. The number of amides is 1. The molecule has 1 aliphatic carbocycles. The maximum atomic E-state index is 13.1. The number of rotatable bonds is 9. The van der Waals surface area contributed by atoms with Crippen LogP contribution in [0.25, 0.3) is 0 Å². The van der Waals surface area contributed by atoms with Gasteiger partial charge < -0.3 is 14.8 Å². The van der Waals surface area contributed by atoms with Gasteiger partial charge in [0.1, 0.15) is 11.1 Å². The van der Waals surface area contributed by atoms with E-state index in [1.807, 2.05) is 26.0 Å². The summed E-state index contributed by atoms with van der Waals surface area (Å²) in [5, 5.41) is 14.7. The summed E-state index contributed by atoms with van der Waals surface area (Å²) in [6, 6.07) is 14.1. The lowest BCUT2D eigenvalue weighted by atomic mass is 9.82. The van der Waals surface area contributed by atoms with Crippen LogP contribution in [0.15, 0.2) is 54.6 Å². The Morgan fingerprint density at radius 1 is 0.889 bits per heavy atom. The van der Waals surface area contributed by atoms with Crippen molar-refractivity contribution in [2.45, 2.75) is 20.3 Å². The fraction of sp³-hybridized carbons (Fsp3) is 0.222. The van der Waals surface area contributed by atoms with E-state index in [9.17, 15) is 24.5 Å². The molecule has 9 heteroatoms. The van der Waals surface area contributed by atoms with E-state index < -0.39 is 28.1 Å². The fourth-order valence-corrected chi connectivity index (χ4v) is 4.21. The third kappa shape index (κ3) is 4.55. The normalized spacial score (nSPS) is 11.9. The average Bonchev–Trinajstić information content (AvgIpc) is 2.88. The van der Waals surface area contributed by atoms with Crippen molar-refractivity contribution in [2.75, 3.05) is 19.8 Å². The first-order valence-electron chi connectivity index (χ1n) is 11.5. The van der Waals surface area contributed by atoms with Gasteiger partial charge in [-0.25, -0.2) is 0 Å². The standard InChI is InChI=1S/C27H24N2O7/c1-3-35-21-12-9-16(15-22(21)36-4-2)13-14-28-27(32)20-11-10-19-23(24(20)29(33)34)26(31)18-8-6-5-7-17(18)25(19)30/h5-12,15H,3-4,13-14H2,1-2H3,(H,28,32). The second kappa shape index (κ2) is 10.4. The molecule has 4 rings (SSSR count). The van der Waals surface area contributed by atoms with Gasteiger partial charge in [0.15, 0.2) is 17.3 Å².